The standard InChI is InChI=1S/C18H21N3O5S/c1-26-17-6-2-4-15(12-17)14-19-8-10-20(11-9-19)27(24,25)18-7-3-5-16(13-18)21(22)23/h2-7,12-13H,8-11,14H2,1H3. The fourth-order valence-electron chi connectivity index (χ4n) is 3.06. The topological polar surface area (TPSA) is 93.0 Å². The van der Waals surface area contributed by atoms with Gasteiger partial charge in [0.2, 0.25) is 10.0 Å². The van der Waals surface area contributed by atoms with Crippen molar-refractivity contribution < 1.29 is 18.1 Å². The number of sulfonamides is 1. The second-order valence-corrected chi connectivity index (χ2v) is 8.22. The smallest absolute Gasteiger partial charge is 0.270 e. The molecule has 0 aromatic heterocycles. The number of ether oxygens (including phenoxy) is 1. The normalized spacial score (nSPS) is 16.2. The fourth-order valence-corrected chi connectivity index (χ4v) is 4.53. The summed E-state index contributed by atoms with van der Waals surface area (Å²) in [5.41, 5.74) is 0.872. The van der Waals surface area contributed by atoms with Crippen molar-refractivity contribution in [3.05, 3.63) is 64.2 Å². The van der Waals surface area contributed by atoms with E-state index in [0.29, 0.717) is 32.7 Å². The number of nitro groups is 1. The summed E-state index contributed by atoms with van der Waals surface area (Å²) in [7, 11) is -2.12. The molecule has 27 heavy (non-hydrogen) atoms. The Morgan fingerprint density at radius 1 is 1.07 bits per heavy atom. The van der Waals surface area contributed by atoms with Crippen molar-refractivity contribution in [2.75, 3.05) is 33.3 Å². The largest absolute Gasteiger partial charge is 0.497 e. The Balaban J connectivity index is 1.66. The highest BCUT2D eigenvalue weighted by Crippen LogP contribution is 2.22. The molecule has 1 saturated heterocycles. The minimum atomic E-state index is -3.74. The van der Waals surface area contributed by atoms with E-state index in [4.69, 9.17) is 4.74 Å². The number of non-ortho nitro benzene ring substituents is 1. The van der Waals surface area contributed by atoms with E-state index in [1.807, 2.05) is 24.3 Å². The number of nitro benzene ring substituents is 1. The third-order valence-corrected chi connectivity index (χ3v) is 6.43. The second kappa shape index (κ2) is 8.03. The minimum absolute atomic E-state index is 0.0436. The second-order valence-electron chi connectivity index (χ2n) is 6.29. The van der Waals surface area contributed by atoms with Crippen LogP contribution in [0.4, 0.5) is 5.69 Å². The molecule has 1 aliphatic rings. The van der Waals surface area contributed by atoms with Gasteiger partial charge in [-0.05, 0) is 23.8 Å². The maximum absolute atomic E-state index is 12.8. The summed E-state index contributed by atoms with van der Waals surface area (Å²) in [6.45, 7) is 2.57. The Hall–Kier alpha value is -2.49. The molecule has 0 N–H and O–H groups in total. The molecule has 1 aliphatic heterocycles. The zero-order chi connectivity index (χ0) is 19.4. The third-order valence-electron chi connectivity index (χ3n) is 4.54. The first-order valence-electron chi connectivity index (χ1n) is 8.50. The fraction of sp³-hybridized carbons (Fsp3) is 0.333. The zero-order valence-corrected chi connectivity index (χ0v) is 15.8. The van der Waals surface area contributed by atoms with Crippen molar-refractivity contribution in [2.45, 2.75) is 11.4 Å². The van der Waals surface area contributed by atoms with Gasteiger partial charge in [-0.25, -0.2) is 8.42 Å². The van der Waals surface area contributed by atoms with Crippen LogP contribution >= 0.6 is 0 Å². The molecule has 0 radical (unpaired) electrons. The highest BCUT2D eigenvalue weighted by molar-refractivity contribution is 7.89. The van der Waals surface area contributed by atoms with Crippen LogP contribution in [-0.2, 0) is 16.6 Å². The maximum Gasteiger partial charge on any atom is 0.270 e. The van der Waals surface area contributed by atoms with Crippen molar-refractivity contribution in [3.63, 3.8) is 0 Å². The number of benzene rings is 2. The van der Waals surface area contributed by atoms with E-state index < -0.39 is 14.9 Å². The first-order chi connectivity index (χ1) is 12.9. The summed E-state index contributed by atoms with van der Waals surface area (Å²) >= 11 is 0. The number of rotatable bonds is 6. The van der Waals surface area contributed by atoms with Gasteiger partial charge in [-0.3, -0.25) is 15.0 Å². The van der Waals surface area contributed by atoms with E-state index in [0.717, 1.165) is 17.4 Å². The van der Waals surface area contributed by atoms with Gasteiger partial charge in [0.05, 0.1) is 16.9 Å². The molecule has 2 aromatic rings. The monoisotopic (exact) mass is 391 g/mol. The van der Waals surface area contributed by atoms with E-state index in [1.54, 1.807) is 7.11 Å². The Morgan fingerprint density at radius 2 is 1.78 bits per heavy atom. The number of hydrogen-bond donors (Lipinski definition) is 0. The Labute approximate surface area is 158 Å². The summed E-state index contributed by atoms with van der Waals surface area (Å²) in [4.78, 5) is 12.4. The van der Waals surface area contributed by atoms with Crippen LogP contribution in [0.3, 0.4) is 0 Å². The van der Waals surface area contributed by atoms with E-state index in [1.165, 1.54) is 22.5 Å². The van der Waals surface area contributed by atoms with Crippen molar-refractivity contribution in [2.24, 2.45) is 0 Å². The summed E-state index contributed by atoms with van der Waals surface area (Å²) in [5.74, 6) is 0.791. The van der Waals surface area contributed by atoms with Crippen LogP contribution in [-0.4, -0.2) is 55.8 Å². The predicted molar refractivity (Wildman–Crippen MR) is 100 cm³/mol. The average Bonchev–Trinajstić information content (AvgIpc) is 2.68. The Bertz CT molecular complexity index is 924. The van der Waals surface area contributed by atoms with Crippen molar-refractivity contribution >= 4 is 15.7 Å². The predicted octanol–water partition coefficient (Wildman–Crippen LogP) is 2.11. The van der Waals surface area contributed by atoms with Crippen molar-refractivity contribution in [1.82, 2.24) is 9.21 Å². The van der Waals surface area contributed by atoms with Crippen LogP contribution in [0.1, 0.15) is 5.56 Å². The van der Waals surface area contributed by atoms with E-state index >= 15 is 0 Å². The number of methoxy groups -OCH3 is 1. The lowest BCUT2D eigenvalue weighted by atomic mass is 10.2. The molecule has 1 fully saturated rings. The molecule has 0 bridgehead atoms. The number of nitrogens with zero attached hydrogens (tertiary/aromatic N) is 3. The van der Waals surface area contributed by atoms with Gasteiger partial charge >= 0.3 is 0 Å². The molecule has 0 aliphatic carbocycles. The van der Waals surface area contributed by atoms with Crippen LogP contribution in [0, 0.1) is 10.1 Å². The van der Waals surface area contributed by atoms with Crippen LogP contribution < -0.4 is 4.74 Å². The molecule has 0 atom stereocenters. The van der Waals surface area contributed by atoms with Gasteiger partial charge in [-0.15, -0.1) is 0 Å². The number of hydrogen-bond acceptors (Lipinski definition) is 6. The summed E-state index contributed by atoms with van der Waals surface area (Å²) in [5, 5.41) is 10.9. The van der Waals surface area contributed by atoms with Gasteiger partial charge in [-0.1, -0.05) is 18.2 Å². The van der Waals surface area contributed by atoms with Gasteiger partial charge in [-0.2, -0.15) is 4.31 Å². The summed E-state index contributed by atoms with van der Waals surface area (Å²) < 4.78 is 32.2. The van der Waals surface area contributed by atoms with Gasteiger partial charge in [0.1, 0.15) is 5.75 Å². The lowest BCUT2D eigenvalue weighted by molar-refractivity contribution is -0.385. The molecule has 0 spiro atoms. The maximum atomic E-state index is 12.8. The lowest BCUT2D eigenvalue weighted by Gasteiger charge is -2.34. The highest BCUT2D eigenvalue weighted by atomic mass is 32.2. The van der Waals surface area contributed by atoms with Crippen LogP contribution in [0.5, 0.6) is 5.75 Å². The lowest BCUT2D eigenvalue weighted by Crippen LogP contribution is -2.48. The van der Waals surface area contributed by atoms with Gasteiger partial charge in [0, 0.05) is 44.9 Å². The molecule has 8 nitrogen and oxygen atoms in total. The van der Waals surface area contributed by atoms with Crippen LogP contribution in [0.15, 0.2) is 53.4 Å². The molecule has 144 valence electrons. The molecular weight excluding hydrogens is 370 g/mol. The SMILES string of the molecule is COc1cccc(CN2CCN(S(=O)(=O)c3cccc([N+](=O)[O-])c3)CC2)c1. The molecule has 1 heterocycles. The highest BCUT2D eigenvalue weighted by Gasteiger charge is 2.29. The van der Waals surface area contributed by atoms with Crippen molar-refractivity contribution in [1.29, 1.82) is 0 Å². The molecular formula is C18H21N3O5S. The third kappa shape index (κ3) is 4.44. The van der Waals surface area contributed by atoms with E-state index in [9.17, 15) is 18.5 Å². The van der Waals surface area contributed by atoms with Crippen molar-refractivity contribution in [3.8, 4) is 5.75 Å². The van der Waals surface area contributed by atoms with Gasteiger partial charge < -0.3 is 4.74 Å². The zero-order valence-electron chi connectivity index (χ0n) is 14.9. The van der Waals surface area contributed by atoms with Gasteiger partial charge in [0.15, 0.2) is 0 Å². The molecule has 0 saturated carbocycles. The quantitative estimate of drug-likeness (QED) is 0.553. The summed E-state index contributed by atoms with van der Waals surface area (Å²) in [6.07, 6.45) is 0. The first kappa shape index (κ1) is 19.3. The van der Waals surface area contributed by atoms with Gasteiger partial charge in [0.25, 0.3) is 5.69 Å². The number of piperazine rings is 1. The van der Waals surface area contributed by atoms with Crippen LogP contribution in [0.2, 0.25) is 0 Å². The minimum Gasteiger partial charge on any atom is -0.497 e. The summed E-state index contributed by atoms with van der Waals surface area (Å²) in [6, 6.07) is 13.0. The average molecular weight is 391 g/mol. The Morgan fingerprint density at radius 3 is 2.44 bits per heavy atom. The Kier molecular flexibility index (Phi) is 5.73. The van der Waals surface area contributed by atoms with Crippen LogP contribution in [0.25, 0.3) is 0 Å². The molecule has 3 rings (SSSR count). The molecule has 9 heteroatoms. The van der Waals surface area contributed by atoms with E-state index in [2.05, 4.69) is 4.90 Å². The molecule has 0 unspecified atom stereocenters. The molecule has 0 amide bonds. The van der Waals surface area contributed by atoms with E-state index in [-0.39, 0.29) is 10.6 Å². The molecule has 2 aromatic carbocycles. The first-order valence-corrected chi connectivity index (χ1v) is 9.94.